The van der Waals surface area contributed by atoms with Crippen molar-refractivity contribution in [2.24, 2.45) is 0 Å². The topological polar surface area (TPSA) is 29.1 Å². The summed E-state index contributed by atoms with van der Waals surface area (Å²) in [4.78, 5) is 12.1. The summed E-state index contributed by atoms with van der Waals surface area (Å²) < 4.78 is 0.978. The van der Waals surface area contributed by atoms with Crippen LogP contribution in [-0.2, 0) is 0 Å². The van der Waals surface area contributed by atoms with Crippen molar-refractivity contribution in [3.05, 3.63) is 33.8 Å². The van der Waals surface area contributed by atoms with Gasteiger partial charge in [-0.3, -0.25) is 4.79 Å². The van der Waals surface area contributed by atoms with E-state index in [9.17, 15) is 4.79 Å². The lowest BCUT2D eigenvalue weighted by Crippen LogP contribution is -2.43. The summed E-state index contributed by atoms with van der Waals surface area (Å²) >= 11 is 9.09. The smallest absolute Gasteiger partial charge is 0.251 e. The van der Waals surface area contributed by atoms with E-state index in [1.807, 2.05) is 39.0 Å². The average molecular weight is 319 g/mol. The number of nitrogens with one attached hydrogen (secondary N) is 1. The molecule has 0 aliphatic rings. The van der Waals surface area contributed by atoms with Crippen molar-refractivity contribution in [2.75, 3.05) is 5.88 Å². The first-order valence-electron chi connectivity index (χ1n) is 5.50. The Morgan fingerprint density at radius 2 is 2.12 bits per heavy atom. The van der Waals surface area contributed by atoms with Crippen molar-refractivity contribution >= 4 is 33.4 Å². The molecule has 0 unspecified atom stereocenters. The van der Waals surface area contributed by atoms with Crippen LogP contribution in [0.3, 0.4) is 0 Å². The molecule has 1 aromatic rings. The predicted octanol–water partition coefficient (Wildman–Crippen LogP) is 3.89. The molecule has 0 aromatic heterocycles. The molecule has 0 aliphatic carbocycles. The molecule has 1 rings (SSSR count). The van der Waals surface area contributed by atoms with E-state index in [1.54, 1.807) is 0 Å². The summed E-state index contributed by atoms with van der Waals surface area (Å²) in [6.07, 6.45) is 0.746. The van der Waals surface area contributed by atoms with Gasteiger partial charge in [-0.25, -0.2) is 0 Å². The minimum Gasteiger partial charge on any atom is -0.347 e. The number of amides is 1. The van der Waals surface area contributed by atoms with Gasteiger partial charge in [0.25, 0.3) is 5.91 Å². The van der Waals surface area contributed by atoms with Crippen LogP contribution in [0.25, 0.3) is 0 Å². The fraction of sp³-hybridized carbons (Fsp3) is 0.462. The molecule has 0 atom stereocenters. The molecule has 0 aliphatic heterocycles. The number of carbonyl (C=O) groups is 1. The van der Waals surface area contributed by atoms with Crippen LogP contribution in [-0.4, -0.2) is 17.3 Å². The third-order valence-corrected chi connectivity index (χ3v) is 3.29. The van der Waals surface area contributed by atoms with Crippen LogP contribution >= 0.6 is 27.5 Å². The highest BCUT2D eigenvalue weighted by atomic mass is 79.9. The average Bonchev–Trinajstić information content (AvgIpc) is 2.15. The summed E-state index contributed by atoms with van der Waals surface area (Å²) in [6, 6.07) is 5.63. The Bertz CT molecular complexity index is 418. The van der Waals surface area contributed by atoms with E-state index in [4.69, 9.17) is 11.6 Å². The van der Waals surface area contributed by atoms with Crippen LogP contribution < -0.4 is 5.32 Å². The fourth-order valence-electron chi connectivity index (χ4n) is 1.56. The normalized spacial score (nSPS) is 11.4. The first kappa shape index (κ1) is 14.5. The molecule has 1 amide bonds. The van der Waals surface area contributed by atoms with Crippen LogP contribution in [0.5, 0.6) is 0 Å². The molecule has 0 fully saturated rings. The van der Waals surface area contributed by atoms with Crippen molar-refractivity contribution in [2.45, 2.75) is 32.7 Å². The zero-order valence-electron chi connectivity index (χ0n) is 10.3. The van der Waals surface area contributed by atoms with Crippen molar-refractivity contribution in [3.8, 4) is 0 Å². The number of alkyl halides is 1. The summed E-state index contributed by atoms with van der Waals surface area (Å²) in [7, 11) is 0. The van der Waals surface area contributed by atoms with Crippen molar-refractivity contribution in [1.29, 1.82) is 0 Å². The van der Waals surface area contributed by atoms with Crippen molar-refractivity contribution in [3.63, 3.8) is 0 Å². The Kier molecular flexibility index (Phi) is 5.02. The second-order valence-corrected chi connectivity index (χ2v) is 6.03. The molecule has 0 bridgehead atoms. The molecule has 1 aromatic carbocycles. The van der Waals surface area contributed by atoms with Gasteiger partial charge in [-0.15, -0.1) is 11.6 Å². The zero-order chi connectivity index (χ0) is 13.1. The minimum atomic E-state index is -0.279. The summed E-state index contributed by atoms with van der Waals surface area (Å²) in [5.41, 5.74) is 1.38. The Hall–Kier alpha value is -0.540. The number of aryl methyl sites for hydroxylation is 1. The Morgan fingerprint density at radius 3 is 2.65 bits per heavy atom. The fourth-order valence-corrected chi connectivity index (χ4v) is 2.50. The molecule has 1 N–H and O–H groups in total. The van der Waals surface area contributed by atoms with E-state index >= 15 is 0 Å². The van der Waals surface area contributed by atoms with Crippen LogP contribution in [0, 0.1) is 6.92 Å². The molecule has 0 saturated carbocycles. The molecule has 2 nitrogen and oxygen atoms in total. The SMILES string of the molecule is Cc1cc(Br)ccc1C(=O)NC(C)(C)CCCl. The lowest BCUT2D eigenvalue weighted by molar-refractivity contribution is 0.0911. The quantitative estimate of drug-likeness (QED) is 0.838. The predicted molar refractivity (Wildman–Crippen MR) is 75.8 cm³/mol. The number of carbonyl (C=O) groups excluding carboxylic acids is 1. The van der Waals surface area contributed by atoms with E-state index in [2.05, 4.69) is 21.2 Å². The molecule has 4 heteroatoms. The van der Waals surface area contributed by atoms with Gasteiger partial charge in [0.15, 0.2) is 0 Å². The van der Waals surface area contributed by atoms with E-state index in [-0.39, 0.29) is 11.4 Å². The third-order valence-electron chi connectivity index (χ3n) is 2.60. The van der Waals surface area contributed by atoms with E-state index in [0.29, 0.717) is 11.4 Å². The lowest BCUT2D eigenvalue weighted by atomic mass is 10.0. The van der Waals surface area contributed by atoms with Crippen LogP contribution in [0.2, 0.25) is 0 Å². The van der Waals surface area contributed by atoms with Gasteiger partial charge in [-0.2, -0.15) is 0 Å². The van der Waals surface area contributed by atoms with Gasteiger partial charge in [-0.05, 0) is 51.0 Å². The van der Waals surface area contributed by atoms with E-state index in [1.165, 1.54) is 0 Å². The van der Waals surface area contributed by atoms with E-state index < -0.39 is 0 Å². The maximum atomic E-state index is 12.1. The molecule has 0 saturated heterocycles. The first-order valence-corrected chi connectivity index (χ1v) is 6.83. The van der Waals surface area contributed by atoms with Gasteiger partial charge >= 0.3 is 0 Å². The van der Waals surface area contributed by atoms with Gasteiger partial charge in [-0.1, -0.05) is 15.9 Å². The van der Waals surface area contributed by atoms with Gasteiger partial charge in [0, 0.05) is 21.5 Å². The van der Waals surface area contributed by atoms with Crippen LogP contribution in [0.1, 0.15) is 36.2 Å². The van der Waals surface area contributed by atoms with Crippen LogP contribution in [0.15, 0.2) is 22.7 Å². The Labute approximate surface area is 116 Å². The molecular weight excluding hydrogens is 302 g/mol. The highest BCUT2D eigenvalue weighted by Crippen LogP contribution is 2.17. The second-order valence-electron chi connectivity index (χ2n) is 4.74. The highest BCUT2D eigenvalue weighted by Gasteiger charge is 2.21. The first-order chi connectivity index (χ1) is 7.85. The number of rotatable bonds is 4. The summed E-state index contributed by atoms with van der Waals surface area (Å²) in [6.45, 7) is 5.87. The van der Waals surface area contributed by atoms with E-state index in [0.717, 1.165) is 16.5 Å². The van der Waals surface area contributed by atoms with Crippen molar-refractivity contribution < 1.29 is 4.79 Å². The number of hydrogen-bond acceptors (Lipinski definition) is 1. The molecule has 17 heavy (non-hydrogen) atoms. The molecule has 0 heterocycles. The minimum absolute atomic E-state index is 0.0508. The molecular formula is C13H17BrClNO. The standard InChI is InChI=1S/C13H17BrClNO/c1-9-8-10(14)4-5-11(9)12(17)16-13(2,3)6-7-15/h4-5,8H,6-7H2,1-3H3,(H,16,17). The lowest BCUT2D eigenvalue weighted by Gasteiger charge is -2.25. The van der Waals surface area contributed by atoms with Gasteiger partial charge in [0.2, 0.25) is 0 Å². The maximum absolute atomic E-state index is 12.1. The number of benzene rings is 1. The monoisotopic (exact) mass is 317 g/mol. The highest BCUT2D eigenvalue weighted by molar-refractivity contribution is 9.10. The molecule has 0 spiro atoms. The Balaban J connectivity index is 2.83. The van der Waals surface area contributed by atoms with Gasteiger partial charge in [0.05, 0.1) is 0 Å². The third kappa shape index (κ3) is 4.32. The van der Waals surface area contributed by atoms with Crippen LogP contribution in [0.4, 0.5) is 0 Å². The number of halogens is 2. The number of hydrogen-bond donors (Lipinski definition) is 1. The van der Waals surface area contributed by atoms with Gasteiger partial charge < -0.3 is 5.32 Å². The summed E-state index contributed by atoms with van der Waals surface area (Å²) in [5, 5.41) is 3.00. The molecule has 0 radical (unpaired) electrons. The molecule has 94 valence electrons. The Morgan fingerprint density at radius 1 is 1.47 bits per heavy atom. The maximum Gasteiger partial charge on any atom is 0.251 e. The second kappa shape index (κ2) is 5.87. The van der Waals surface area contributed by atoms with Gasteiger partial charge in [0.1, 0.15) is 0 Å². The largest absolute Gasteiger partial charge is 0.347 e. The van der Waals surface area contributed by atoms with Crippen molar-refractivity contribution in [1.82, 2.24) is 5.32 Å². The summed E-state index contributed by atoms with van der Waals surface area (Å²) in [5.74, 6) is 0.484. The zero-order valence-corrected chi connectivity index (χ0v) is 12.7.